The molecule has 0 saturated carbocycles. The number of carboxylic acids is 1. The Balaban J connectivity index is 1.71. The van der Waals surface area contributed by atoms with Gasteiger partial charge in [0.25, 0.3) is 5.91 Å². The van der Waals surface area contributed by atoms with Crippen molar-refractivity contribution in [1.82, 2.24) is 0 Å². The molecule has 28 heavy (non-hydrogen) atoms. The van der Waals surface area contributed by atoms with E-state index in [4.69, 9.17) is 5.11 Å². The fourth-order valence-corrected chi connectivity index (χ4v) is 3.21. The molecule has 3 aromatic rings. The minimum atomic E-state index is -1.09. The number of hydrogen-bond donors (Lipinski definition) is 2. The summed E-state index contributed by atoms with van der Waals surface area (Å²) in [5.74, 6) is -2.20. The van der Waals surface area contributed by atoms with Gasteiger partial charge in [-0.25, -0.2) is 4.79 Å². The predicted molar refractivity (Wildman–Crippen MR) is 101 cm³/mol. The minimum Gasteiger partial charge on any atom is -0.478 e. The number of fused-ring (bicyclic) bond motifs is 2. The maximum atomic E-state index is 12.9. The van der Waals surface area contributed by atoms with Crippen LogP contribution >= 0.6 is 0 Å². The molecule has 0 heterocycles. The molecular formula is C22H13NO5. The van der Waals surface area contributed by atoms with Crippen LogP contribution < -0.4 is 5.32 Å². The van der Waals surface area contributed by atoms with Crippen LogP contribution in [0.1, 0.15) is 52.6 Å². The third-order valence-electron chi connectivity index (χ3n) is 4.59. The Labute approximate surface area is 159 Å². The minimum absolute atomic E-state index is 0.0611. The van der Waals surface area contributed by atoms with E-state index < -0.39 is 11.9 Å². The van der Waals surface area contributed by atoms with E-state index in [-0.39, 0.29) is 39.5 Å². The summed E-state index contributed by atoms with van der Waals surface area (Å²) < 4.78 is 0. The van der Waals surface area contributed by atoms with Crippen LogP contribution in [0, 0.1) is 0 Å². The molecule has 4 rings (SSSR count). The van der Waals surface area contributed by atoms with E-state index in [1.165, 1.54) is 24.3 Å². The van der Waals surface area contributed by atoms with Crippen LogP contribution in [0.4, 0.5) is 5.69 Å². The summed E-state index contributed by atoms with van der Waals surface area (Å²) >= 11 is 0. The van der Waals surface area contributed by atoms with Gasteiger partial charge in [0, 0.05) is 22.3 Å². The number of benzene rings is 3. The van der Waals surface area contributed by atoms with Gasteiger partial charge in [-0.05, 0) is 30.3 Å². The normalized spacial score (nSPS) is 12.1. The Morgan fingerprint density at radius 3 is 1.89 bits per heavy atom. The number of ketones is 2. The molecule has 3 aromatic carbocycles. The Kier molecular flexibility index (Phi) is 4.08. The SMILES string of the molecule is O=C(O)c1ccc(C(=O)Nc2cccc3c2C(=O)c2ccccc2C3=O)cc1. The molecule has 0 bridgehead atoms. The number of carbonyl (C=O) groups is 4. The van der Waals surface area contributed by atoms with Crippen molar-refractivity contribution >= 4 is 29.1 Å². The van der Waals surface area contributed by atoms with Crippen molar-refractivity contribution in [2.45, 2.75) is 0 Å². The Bertz CT molecular complexity index is 1160. The first-order valence-electron chi connectivity index (χ1n) is 8.43. The van der Waals surface area contributed by atoms with E-state index in [0.717, 1.165) is 0 Å². The fraction of sp³-hybridized carbons (Fsp3) is 0. The highest BCUT2D eigenvalue weighted by molar-refractivity contribution is 6.30. The van der Waals surface area contributed by atoms with E-state index in [1.54, 1.807) is 42.5 Å². The standard InChI is InChI=1S/C22H13NO5/c24-19-14-4-1-2-5-15(14)20(25)18-16(19)6-3-7-17(18)23-21(26)12-8-10-13(11-9-12)22(27)28/h1-11H,(H,23,26)(H,27,28). The summed E-state index contributed by atoms with van der Waals surface area (Å²) in [7, 11) is 0. The van der Waals surface area contributed by atoms with E-state index in [2.05, 4.69) is 5.32 Å². The van der Waals surface area contributed by atoms with Gasteiger partial charge in [-0.1, -0.05) is 36.4 Å². The summed E-state index contributed by atoms with van der Waals surface area (Å²) in [5, 5.41) is 11.6. The van der Waals surface area contributed by atoms with Crippen LogP contribution in [0.2, 0.25) is 0 Å². The summed E-state index contributed by atoms with van der Waals surface area (Å²) in [4.78, 5) is 49.2. The molecule has 0 aromatic heterocycles. The van der Waals surface area contributed by atoms with Gasteiger partial charge < -0.3 is 10.4 Å². The monoisotopic (exact) mass is 371 g/mol. The van der Waals surface area contributed by atoms with E-state index in [0.29, 0.717) is 11.1 Å². The number of hydrogen-bond acceptors (Lipinski definition) is 4. The van der Waals surface area contributed by atoms with Gasteiger partial charge in [-0.15, -0.1) is 0 Å². The lowest BCUT2D eigenvalue weighted by atomic mass is 9.83. The van der Waals surface area contributed by atoms with E-state index in [1.807, 2.05) is 0 Å². The lowest BCUT2D eigenvalue weighted by molar-refractivity contribution is 0.0696. The second-order valence-electron chi connectivity index (χ2n) is 6.27. The molecule has 0 radical (unpaired) electrons. The lowest BCUT2D eigenvalue weighted by Gasteiger charge is -2.20. The summed E-state index contributed by atoms with van der Waals surface area (Å²) in [6.45, 7) is 0. The fourth-order valence-electron chi connectivity index (χ4n) is 3.21. The summed E-state index contributed by atoms with van der Waals surface area (Å²) in [5.41, 5.74) is 1.56. The van der Waals surface area contributed by atoms with Gasteiger partial charge in [0.2, 0.25) is 0 Å². The Hall–Kier alpha value is -4.06. The molecule has 0 unspecified atom stereocenters. The molecule has 6 heteroatoms. The second-order valence-corrected chi connectivity index (χ2v) is 6.27. The molecule has 0 fully saturated rings. The predicted octanol–water partition coefficient (Wildman–Crippen LogP) is 3.41. The zero-order valence-corrected chi connectivity index (χ0v) is 14.4. The zero-order chi connectivity index (χ0) is 19.8. The van der Waals surface area contributed by atoms with Gasteiger partial charge in [-0.3, -0.25) is 14.4 Å². The molecule has 6 nitrogen and oxygen atoms in total. The summed E-state index contributed by atoms with van der Waals surface area (Å²) in [6, 6.07) is 16.7. The highest BCUT2D eigenvalue weighted by Crippen LogP contribution is 2.32. The maximum absolute atomic E-state index is 12.9. The van der Waals surface area contributed by atoms with Gasteiger partial charge in [-0.2, -0.15) is 0 Å². The van der Waals surface area contributed by atoms with Gasteiger partial charge >= 0.3 is 5.97 Å². The topological polar surface area (TPSA) is 101 Å². The first-order valence-corrected chi connectivity index (χ1v) is 8.43. The van der Waals surface area contributed by atoms with Crippen molar-refractivity contribution in [2.75, 3.05) is 5.32 Å². The molecule has 136 valence electrons. The molecule has 0 atom stereocenters. The van der Waals surface area contributed by atoms with Crippen LogP contribution in [-0.2, 0) is 0 Å². The highest BCUT2D eigenvalue weighted by Gasteiger charge is 2.31. The average molecular weight is 371 g/mol. The molecule has 2 N–H and O–H groups in total. The number of nitrogens with one attached hydrogen (secondary N) is 1. The highest BCUT2D eigenvalue weighted by atomic mass is 16.4. The van der Waals surface area contributed by atoms with Crippen molar-refractivity contribution in [2.24, 2.45) is 0 Å². The van der Waals surface area contributed by atoms with Crippen LogP contribution in [-0.4, -0.2) is 28.5 Å². The molecule has 0 aliphatic heterocycles. The average Bonchev–Trinajstić information content (AvgIpc) is 2.72. The smallest absolute Gasteiger partial charge is 0.335 e. The first-order chi connectivity index (χ1) is 13.5. The van der Waals surface area contributed by atoms with Crippen molar-refractivity contribution in [3.05, 3.63) is 100 Å². The van der Waals surface area contributed by atoms with Crippen LogP contribution in [0.5, 0.6) is 0 Å². The first kappa shape index (κ1) is 17.4. The Morgan fingerprint density at radius 2 is 1.25 bits per heavy atom. The second kappa shape index (κ2) is 6.59. The zero-order valence-electron chi connectivity index (χ0n) is 14.4. The van der Waals surface area contributed by atoms with Crippen molar-refractivity contribution in [3.8, 4) is 0 Å². The largest absolute Gasteiger partial charge is 0.478 e. The molecule has 0 saturated heterocycles. The molecular weight excluding hydrogens is 358 g/mol. The number of amides is 1. The van der Waals surface area contributed by atoms with Crippen molar-refractivity contribution in [3.63, 3.8) is 0 Å². The number of rotatable bonds is 3. The number of aromatic carboxylic acids is 1. The molecule has 1 aliphatic rings. The van der Waals surface area contributed by atoms with Gasteiger partial charge in [0.05, 0.1) is 16.8 Å². The van der Waals surface area contributed by atoms with Crippen LogP contribution in [0.3, 0.4) is 0 Å². The number of anilines is 1. The van der Waals surface area contributed by atoms with Crippen molar-refractivity contribution < 1.29 is 24.3 Å². The third-order valence-corrected chi connectivity index (χ3v) is 4.59. The number of carboxylic acid groups (broad SMARTS) is 1. The number of carbonyl (C=O) groups excluding carboxylic acids is 3. The van der Waals surface area contributed by atoms with E-state index >= 15 is 0 Å². The summed E-state index contributed by atoms with van der Waals surface area (Å²) in [6.07, 6.45) is 0. The molecule has 0 spiro atoms. The van der Waals surface area contributed by atoms with Gasteiger partial charge in [0.1, 0.15) is 0 Å². The molecule has 1 amide bonds. The van der Waals surface area contributed by atoms with Gasteiger partial charge in [0.15, 0.2) is 11.6 Å². The van der Waals surface area contributed by atoms with E-state index in [9.17, 15) is 19.2 Å². The Morgan fingerprint density at radius 1 is 0.679 bits per heavy atom. The maximum Gasteiger partial charge on any atom is 0.335 e. The van der Waals surface area contributed by atoms with Crippen LogP contribution in [0.25, 0.3) is 0 Å². The lowest BCUT2D eigenvalue weighted by Crippen LogP contribution is -2.23. The van der Waals surface area contributed by atoms with Crippen LogP contribution in [0.15, 0.2) is 66.7 Å². The molecule has 1 aliphatic carbocycles. The quantitative estimate of drug-likeness (QED) is 0.575. The van der Waals surface area contributed by atoms with Crippen molar-refractivity contribution in [1.29, 1.82) is 0 Å². The third kappa shape index (κ3) is 2.77.